The molecule has 0 saturated heterocycles. The van der Waals surface area contributed by atoms with E-state index in [1.807, 2.05) is 13.8 Å². The maximum absolute atomic E-state index is 5.61. The molecular weight excluding hydrogens is 154 g/mol. The van der Waals surface area contributed by atoms with Gasteiger partial charge in [-0.3, -0.25) is 4.98 Å². The molecule has 4 heteroatoms. The fraction of sp³-hybridized carbons (Fsp3) is 0.250. The quantitative estimate of drug-likeness (QED) is 0.637. The second kappa shape index (κ2) is 2.20. The van der Waals surface area contributed by atoms with Gasteiger partial charge in [-0.15, -0.1) is 0 Å². The van der Waals surface area contributed by atoms with Crippen LogP contribution >= 0.6 is 0 Å². The summed E-state index contributed by atoms with van der Waals surface area (Å²) < 4.78 is 5.02. The van der Waals surface area contributed by atoms with Crippen LogP contribution in [0.4, 0.5) is 5.82 Å². The largest absolute Gasteiger partial charge is 0.380 e. The first kappa shape index (κ1) is 7.09. The number of fused-ring (bicyclic) bond motifs is 1. The van der Waals surface area contributed by atoms with E-state index < -0.39 is 0 Å². The average Bonchev–Trinajstić information content (AvgIpc) is 2.42. The highest BCUT2D eigenvalue weighted by Gasteiger charge is 2.10. The van der Waals surface area contributed by atoms with Gasteiger partial charge in [0.25, 0.3) is 0 Å². The Balaban J connectivity index is 2.98. The Morgan fingerprint density at radius 2 is 2.17 bits per heavy atom. The Morgan fingerprint density at radius 3 is 2.83 bits per heavy atom. The molecule has 2 heterocycles. The molecule has 0 radical (unpaired) electrons. The molecule has 2 N–H and O–H groups in total. The Bertz CT molecular complexity index is 433. The molecule has 0 unspecified atom stereocenters. The Morgan fingerprint density at radius 1 is 1.42 bits per heavy atom. The van der Waals surface area contributed by atoms with E-state index in [1.165, 1.54) is 0 Å². The minimum absolute atomic E-state index is 0.438. The first-order valence-electron chi connectivity index (χ1n) is 3.67. The number of nitrogen functional groups attached to an aromatic ring is 1. The third kappa shape index (κ3) is 0.777. The molecule has 0 saturated carbocycles. The van der Waals surface area contributed by atoms with Gasteiger partial charge in [0.1, 0.15) is 0 Å². The zero-order valence-corrected chi connectivity index (χ0v) is 6.96. The predicted molar refractivity (Wildman–Crippen MR) is 45.7 cm³/mol. The van der Waals surface area contributed by atoms with E-state index in [-0.39, 0.29) is 0 Å². The van der Waals surface area contributed by atoms with Crippen LogP contribution in [0.2, 0.25) is 0 Å². The molecule has 0 aliphatic carbocycles. The van der Waals surface area contributed by atoms with Crippen LogP contribution < -0.4 is 5.73 Å². The fourth-order valence-electron chi connectivity index (χ4n) is 1.25. The monoisotopic (exact) mass is 163 g/mol. The number of aromatic nitrogens is 2. The van der Waals surface area contributed by atoms with Crippen LogP contribution in [0, 0.1) is 13.8 Å². The van der Waals surface area contributed by atoms with Crippen molar-refractivity contribution in [2.24, 2.45) is 0 Å². The van der Waals surface area contributed by atoms with Crippen LogP contribution in [-0.4, -0.2) is 10.1 Å². The molecule has 2 rings (SSSR count). The van der Waals surface area contributed by atoms with Crippen LogP contribution in [-0.2, 0) is 0 Å². The molecule has 0 aromatic carbocycles. The maximum atomic E-state index is 5.61. The van der Waals surface area contributed by atoms with Crippen LogP contribution in [0.25, 0.3) is 11.0 Å². The van der Waals surface area contributed by atoms with Crippen LogP contribution in [0.5, 0.6) is 0 Å². The van der Waals surface area contributed by atoms with Gasteiger partial charge in [-0.05, 0) is 19.4 Å². The summed E-state index contributed by atoms with van der Waals surface area (Å²) in [6, 6.07) is 0. The lowest BCUT2D eigenvalue weighted by atomic mass is 10.2. The van der Waals surface area contributed by atoms with Crippen molar-refractivity contribution in [3.05, 3.63) is 17.5 Å². The highest BCUT2D eigenvalue weighted by Crippen LogP contribution is 2.24. The summed E-state index contributed by atoms with van der Waals surface area (Å²) in [5.41, 5.74) is 8.11. The van der Waals surface area contributed by atoms with Crippen molar-refractivity contribution >= 4 is 16.8 Å². The summed E-state index contributed by atoms with van der Waals surface area (Å²) in [6.45, 7) is 3.80. The number of nitrogens with zero attached hydrogens (tertiary/aromatic N) is 2. The molecule has 0 aliphatic heterocycles. The van der Waals surface area contributed by atoms with Gasteiger partial charge in [0.15, 0.2) is 11.4 Å². The first-order chi connectivity index (χ1) is 5.70. The molecule has 2 aromatic rings. The molecule has 12 heavy (non-hydrogen) atoms. The van der Waals surface area contributed by atoms with Gasteiger partial charge in [0.05, 0.1) is 11.1 Å². The van der Waals surface area contributed by atoms with Crippen molar-refractivity contribution in [1.82, 2.24) is 10.1 Å². The van der Waals surface area contributed by atoms with Crippen molar-refractivity contribution in [2.75, 3.05) is 5.73 Å². The molecule has 0 fully saturated rings. The SMILES string of the molecule is Cc1ncc(C)c2c(N)noc12. The number of nitrogens with two attached hydrogens (primary N) is 1. The topological polar surface area (TPSA) is 64.9 Å². The third-order valence-electron chi connectivity index (χ3n) is 1.89. The van der Waals surface area contributed by atoms with Gasteiger partial charge in [-0.2, -0.15) is 0 Å². The third-order valence-corrected chi connectivity index (χ3v) is 1.89. The lowest BCUT2D eigenvalue weighted by Crippen LogP contribution is -1.88. The van der Waals surface area contributed by atoms with Gasteiger partial charge >= 0.3 is 0 Å². The minimum Gasteiger partial charge on any atom is -0.380 e. The normalized spacial score (nSPS) is 10.8. The summed E-state index contributed by atoms with van der Waals surface area (Å²) in [4.78, 5) is 4.13. The molecule has 0 amide bonds. The molecule has 2 aromatic heterocycles. The fourth-order valence-corrected chi connectivity index (χ4v) is 1.25. The molecule has 0 spiro atoms. The Labute approximate surface area is 69.4 Å². The summed E-state index contributed by atoms with van der Waals surface area (Å²) >= 11 is 0. The summed E-state index contributed by atoms with van der Waals surface area (Å²) in [5, 5.41) is 4.56. The van der Waals surface area contributed by atoms with Crippen LogP contribution in [0.15, 0.2) is 10.7 Å². The lowest BCUT2D eigenvalue weighted by Gasteiger charge is -1.95. The predicted octanol–water partition coefficient (Wildman–Crippen LogP) is 1.42. The van der Waals surface area contributed by atoms with E-state index in [9.17, 15) is 0 Å². The second-order valence-electron chi connectivity index (χ2n) is 2.80. The Kier molecular flexibility index (Phi) is 1.30. The van der Waals surface area contributed by atoms with Crippen molar-refractivity contribution in [2.45, 2.75) is 13.8 Å². The number of rotatable bonds is 0. The minimum atomic E-state index is 0.438. The lowest BCUT2D eigenvalue weighted by molar-refractivity contribution is 0.458. The van der Waals surface area contributed by atoms with Crippen molar-refractivity contribution in [3.8, 4) is 0 Å². The van der Waals surface area contributed by atoms with Gasteiger partial charge in [0.2, 0.25) is 0 Å². The summed E-state index contributed by atoms with van der Waals surface area (Å²) in [7, 11) is 0. The number of pyridine rings is 1. The first-order valence-corrected chi connectivity index (χ1v) is 3.67. The van der Waals surface area contributed by atoms with E-state index in [1.54, 1.807) is 6.20 Å². The van der Waals surface area contributed by atoms with Gasteiger partial charge in [0, 0.05) is 6.20 Å². The van der Waals surface area contributed by atoms with Gasteiger partial charge in [-0.25, -0.2) is 0 Å². The zero-order chi connectivity index (χ0) is 8.72. The maximum Gasteiger partial charge on any atom is 0.190 e. The average molecular weight is 163 g/mol. The highest BCUT2D eigenvalue weighted by molar-refractivity contribution is 5.90. The number of anilines is 1. The van der Waals surface area contributed by atoms with Gasteiger partial charge < -0.3 is 10.3 Å². The van der Waals surface area contributed by atoms with Crippen LogP contribution in [0.3, 0.4) is 0 Å². The number of hydrogen-bond donors (Lipinski definition) is 1. The summed E-state index contributed by atoms with van der Waals surface area (Å²) in [6.07, 6.45) is 1.77. The van der Waals surface area contributed by atoms with E-state index >= 15 is 0 Å². The van der Waals surface area contributed by atoms with Crippen molar-refractivity contribution < 1.29 is 4.52 Å². The van der Waals surface area contributed by atoms with Gasteiger partial charge in [-0.1, -0.05) is 5.16 Å². The van der Waals surface area contributed by atoms with E-state index in [4.69, 9.17) is 10.3 Å². The number of aryl methyl sites for hydroxylation is 2. The highest BCUT2D eigenvalue weighted by atomic mass is 16.5. The Hall–Kier alpha value is -1.58. The van der Waals surface area contributed by atoms with E-state index in [2.05, 4.69) is 10.1 Å². The molecule has 62 valence electrons. The van der Waals surface area contributed by atoms with E-state index in [0.717, 1.165) is 16.6 Å². The number of hydrogen-bond acceptors (Lipinski definition) is 4. The van der Waals surface area contributed by atoms with Crippen LogP contribution in [0.1, 0.15) is 11.3 Å². The van der Waals surface area contributed by atoms with Crippen molar-refractivity contribution in [3.63, 3.8) is 0 Å². The molecule has 4 nitrogen and oxygen atoms in total. The summed E-state index contributed by atoms with van der Waals surface area (Å²) in [5.74, 6) is 0.438. The molecule has 0 bridgehead atoms. The molecular formula is C8H9N3O. The molecule has 0 aliphatic rings. The smallest absolute Gasteiger partial charge is 0.190 e. The zero-order valence-electron chi connectivity index (χ0n) is 6.96. The standard InChI is InChI=1S/C8H9N3O/c1-4-3-10-5(2)7-6(4)8(9)11-12-7/h3H,1-2H3,(H2,9,11). The molecule has 0 atom stereocenters. The van der Waals surface area contributed by atoms with Crippen molar-refractivity contribution in [1.29, 1.82) is 0 Å². The van der Waals surface area contributed by atoms with E-state index in [0.29, 0.717) is 11.4 Å². The second-order valence-corrected chi connectivity index (χ2v) is 2.80.